The number of alkyl halides is 2. The first-order valence-corrected chi connectivity index (χ1v) is 7.36. The molecule has 0 unspecified atom stereocenters. The average Bonchev–Trinajstić information content (AvgIpc) is 2.61. The number of aromatic nitrogens is 1. The monoisotopic (exact) mass is 344 g/mol. The summed E-state index contributed by atoms with van der Waals surface area (Å²) in [5.74, 6) is -0.394. The van der Waals surface area contributed by atoms with Gasteiger partial charge < -0.3 is 14.8 Å². The lowest BCUT2D eigenvalue weighted by Crippen LogP contribution is -2.13. The predicted molar refractivity (Wildman–Crippen MR) is 89.3 cm³/mol. The molecule has 0 bridgehead atoms. The highest BCUT2D eigenvalue weighted by Crippen LogP contribution is 2.31. The molecule has 7 heteroatoms. The van der Waals surface area contributed by atoms with Gasteiger partial charge in [-0.05, 0) is 30.3 Å². The van der Waals surface area contributed by atoms with Gasteiger partial charge >= 0.3 is 6.61 Å². The molecule has 3 rings (SSSR count). The maximum atomic E-state index is 12.6. The molecule has 1 heterocycles. The third-order valence-electron chi connectivity index (χ3n) is 3.53. The van der Waals surface area contributed by atoms with Crippen LogP contribution in [0.15, 0.2) is 54.7 Å². The first-order chi connectivity index (χ1) is 12.1. The third-order valence-corrected chi connectivity index (χ3v) is 3.53. The predicted octanol–water partition coefficient (Wildman–Crippen LogP) is 4.10. The summed E-state index contributed by atoms with van der Waals surface area (Å²) < 4.78 is 34.4. The number of pyridine rings is 1. The highest BCUT2D eigenvalue weighted by atomic mass is 19.3. The van der Waals surface area contributed by atoms with Crippen LogP contribution in [0.3, 0.4) is 0 Å². The zero-order chi connectivity index (χ0) is 17.8. The highest BCUT2D eigenvalue weighted by Gasteiger charge is 2.14. The van der Waals surface area contributed by atoms with Crippen LogP contribution in [-0.4, -0.2) is 24.6 Å². The van der Waals surface area contributed by atoms with Crippen molar-refractivity contribution in [1.29, 1.82) is 0 Å². The van der Waals surface area contributed by atoms with Gasteiger partial charge in [-0.1, -0.05) is 12.1 Å². The van der Waals surface area contributed by atoms with Crippen molar-refractivity contribution in [3.8, 4) is 11.5 Å². The molecule has 0 aliphatic heterocycles. The minimum atomic E-state index is -3.00. The van der Waals surface area contributed by atoms with Gasteiger partial charge in [0.05, 0.1) is 12.6 Å². The summed E-state index contributed by atoms with van der Waals surface area (Å²) in [6.45, 7) is -3.00. The molecule has 1 N–H and O–H groups in total. The summed E-state index contributed by atoms with van der Waals surface area (Å²) in [7, 11) is 1.34. The van der Waals surface area contributed by atoms with E-state index in [1.807, 2.05) is 0 Å². The van der Waals surface area contributed by atoms with Crippen LogP contribution >= 0.6 is 0 Å². The Balaban J connectivity index is 1.90. The number of methoxy groups -OCH3 is 1. The number of amides is 1. The van der Waals surface area contributed by atoms with Crippen LogP contribution in [0.4, 0.5) is 14.5 Å². The van der Waals surface area contributed by atoms with Crippen molar-refractivity contribution in [2.75, 3.05) is 12.4 Å². The van der Waals surface area contributed by atoms with E-state index in [9.17, 15) is 13.6 Å². The molecular weight excluding hydrogens is 330 g/mol. The summed E-state index contributed by atoms with van der Waals surface area (Å²) in [5.41, 5.74) is 1.42. The van der Waals surface area contributed by atoms with E-state index in [0.717, 1.165) is 0 Å². The molecule has 2 aromatic carbocycles. The summed E-state index contributed by atoms with van der Waals surface area (Å²) >= 11 is 0. The van der Waals surface area contributed by atoms with Gasteiger partial charge in [0.2, 0.25) is 0 Å². The number of benzene rings is 2. The number of anilines is 1. The quantitative estimate of drug-likeness (QED) is 0.757. The van der Waals surface area contributed by atoms with Crippen LogP contribution in [0.1, 0.15) is 10.4 Å². The molecule has 25 heavy (non-hydrogen) atoms. The van der Waals surface area contributed by atoms with Gasteiger partial charge in [0, 0.05) is 28.9 Å². The zero-order valence-electron chi connectivity index (χ0n) is 13.2. The molecular formula is C18H14F2N2O3. The largest absolute Gasteiger partial charge is 0.493 e. The van der Waals surface area contributed by atoms with Crippen molar-refractivity contribution in [2.24, 2.45) is 0 Å². The van der Waals surface area contributed by atoms with Gasteiger partial charge in [0.1, 0.15) is 0 Å². The zero-order valence-corrected chi connectivity index (χ0v) is 13.2. The minimum Gasteiger partial charge on any atom is -0.493 e. The van der Waals surface area contributed by atoms with Crippen LogP contribution in [0, 0.1) is 0 Å². The fourth-order valence-electron chi connectivity index (χ4n) is 2.44. The van der Waals surface area contributed by atoms with Crippen molar-refractivity contribution in [3.63, 3.8) is 0 Å². The number of carbonyl (C=O) groups excluding carboxylic acids is 1. The molecule has 0 atom stereocenters. The number of rotatable bonds is 5. The second kappa shape index (κ2) is 7.12. The lowest BCUT2D eigenvalue weighted by Gasteiger charge is -2.12. The van der Waals surface area contributed by atoms with Crippen molar-refractivity contribution >= 4 is 22.5 Å². The molecule has 1 aromatic heterocycles. The molecule has 128 valence electrons. The van der Waals surface area contributed by atoms with Crippen molar-refractivity contribution < 1.29 is 23.0 Å². The third kappa shape index (κ3) is 3.65. The van der Waals surface area contributed by atoms with Gasteiger partial charge in [-0.25, -0.2) is 0 Å². The fourth-order valence-corrected chi connectivity index (χ4v) is 2.44. The fraction of sp³-hybridized carbons (Fsp3) is 0.111. The molecule has 0 spiro atoms. The van der Waals surface area contributed by atoms with E-state index in [4.69, 9.17) is 4.74 Å². The van der Waals surface area contributed by atoms with Crippen LogP contribution in [0.2, 0.25) is 0 Å². The van der Waals surface area contributed by atoms with Crippen molar-refractivity contribution in [3.05, 3.63) is 60.3 Å². The summed E-state index contributed by atoms with van der Waals surface area (Å²) in [6, 6.07) is 13.0. The first kappa shape index (κ1) is 16.6. The average molecular weight is 344 g/mol. The lowest BCUT2D eigenvalue weighted by molar-refractivity contribution is -0.0511. The highest BCUT2D eigenvalue weighted by molar-refractivity contribution is 6.12. The Bertz CT molecular complexity index is 910. The van der Waals surface area contributed by atoms with E-state index >= 15 is 0 Å². The lowest BCUT2D eigenvalue weighted by atomic mass is 10.1. The number of carbonyl (C=O) groups is 1. The second-order valence-corrected chi connectivity index (χ2v) is 5.07. The number of hydrogen-bond acceptors (Lipinski definition) is 4. The first-order valence-electron chi connectivity index (χ1n) is 7.36. The van der Waals surface area contributed by atoms with E-state index < -0.39 is 6.61 Å². The number of ether oxygens (including phenoxy) is 2. The topological polar surface area (TPSA) is 60.5 Å². The van der Waals surface area contributed by atoms with Crippen molar-refractivity contribution in [2.45, 2.75) is 6.61 Å². The Kier molecular flexibility index (Phi) is 4.74. The van der Waals surface area contributed by atoms with Crippen molar-refractivity contribution in [1.82, 2.24) is 4.98 Å². The normalized spacial score (nSPS) is 10.7. The number of fused-ring (bicyclic) bond motifs is 1. The molecule has 0 fully saturated rings. The minimum absolute atomic E-state index is 0.146. The SMILES string of the molecule is COc1ccc(NC(=O)c2cccc3ncccc23)cc1OC(F)F. The van der Waals surface area contributed by atoms with Crippen LogP contribution in [0.25, 0.3) is 10.9 Å². The van der Waals surface area contributed by atoms with Crippen LogP contribution in [-0.2, 0) is 0 Å². The molecule has 0 aliphatic rings. The second-order valence-electron chi connectivity index (χ2n) is 5.07. The number of hydrogen-bond donors (Lipinski definition) is 1. The van der Waals surface area contributed by atoms with Gasteiger partial charge in [0.15, 0.2) is 11.5 Å². The van der Waals surface area contributed by atoms with E-state index in [1.165, 1.54) is 19.2 Å². The molecule has 1 amide bonds. The molecule has 3 aromatic rings. The summed E-state index contributed by atoms with van der Waals surface area (Å²) in [4.78, 5) is 16.8. The Morgan fingerprint density at radius 2 is 1.96 bits per heavy atom. The molecule has 0 radical (unpaired) electrons. The Morgan fingerprint density at radius 1 is 1.12 bits per heavy atom. The molecule has 0 saturated heterocycles. The number of halogens is 2. The molecule has 5 nitrogen and oxygen atoms in total. The maximum absolute atomic E-state index is 12.6. The van der Waals surface area contributed by atoms with Gasteiger partial charge in [-0.2, -0.15) is 8.78 Å². The molecule has 0 aliphatic carbocycles. The number of nitrogens with zero attached hydrogens (tertiary/aromatic N) is 1. The van der Waals surface area contributed by atoms with Gasteiger partial charge in [-0.15, -0.1) is 0 Å². The number of nitrogens with one attached hydrogen (secondary N) is 1. The van der Waals surface area contributed by atoms with E-state index in [-0.39, 0.29) is 17.4 Å². The smallest absolute Gasteiger partial charge is 0.387 e. The van der Waals surface area contributed by atoms with Gasteiger partial charge in [-0.3, -0.25) is 9.78 Å². The van der Waals surface area contributed by atoms with E-state index in [1.54, 1.807) is 42.6 Å². The maximum Gasteiger partial charge on any atom is 0.387 e. The standard InChI is InChI=1S/C18H14F2N2O3/c1-24-15-8-7-11(10-16(15)25-18(19)20)22-17(23)13-4-2-6-14-12(13)5-3-9-21-14/h2-10,18H,1H3,(H,22,23). The Labute approximate surface area is 142 Å². The van der Waals surface area contributed by atoms with Gasteiger partial charge in [0.25, 0.3) is 5.91 Å². The van der Waals surface area contributed by atoms with Crippen LogP contribution in [0.5, 0.6) is 11.5 Å². The summed E-state index contributed by atoms with van der Waals surface area (Å²) in [5, 5.41) is 3.36. The summed E-state index contributed by atoms with van der Waals surface area (Å²) in [6.07, 6.45) is 1.64. The van der Waals surface area contributed by atoms with E-state index in [2.05, 4.69) is 15.0 Å². The van der Waals surface area contributed by atoms with Crippen LogP contribution < -0.4 is 14.8 Å². The molecule has 0 saturated carbocycles. The van der Waals surface area contributed by atoms with E-state index in [0.29, 0.717) is 22.2 Å². The Morgan fingerprint density at radius 3 is 2.72 bits per heavy atom. The Hall–Kier alpha value is -3.22.